The van der Waals surface area contributed by atoms with Crippen LogP contribution in [0.1, 0.15) is 37.7 Å². The van der Waals surface area contributed by atoms with Crippen molar-refractivity contribution >= 4 is 11.3 Å². The lowest BCUT2D eigenvalue weighted by Crippen LogP contribution is -2.72. The van der Waals surface area contributed by atoms with Crippen molar-refractivity contribution in [2.24, 2.45) is 11.8 Å². The summed E-state index contributed by atoms with van der Waals surface area (Å²) in [6, 6.07) is 9.42. The number of likely N-dealkylation sites (tertiary alicyclic amines) is 1. The number of hydrogen-bond acceptors (Lipinski definition) is 10. The third-order valence-corrected chi connectivity index (χ3v) is 10.7. The van der Waals surface area contributed by atoms with E-state index in [1.165, 1.54) is 25.9 Å². The molecule has 3 N–H and O–H groups in total. The molecule has 0 aromatic carbocycles. The molecule has 6 aliphatic rings. The number of rotatable bonds is 9. The second kappa shape index (κ2) is 11.9. The van der Waals surface area contributed by atoms with E-state index in [9.17, 15) is 10.4 Å². The van der Waals surface area contributed by atoms with E-state index in [2.05, 4.69) is 48.6 Å². The van der Waals surface area contributed by atoms with Gasteiger partial charge in [-0.1, -0.05) is 6.42 Å². The molecule has 0 aliphatic carbocycles. The van der Waals surface area contributed by atoms with Gasteiger partial charge in [0.05, 0.1) is 30.1 Å². The monoisotopic (exact) mass is 597 g/mol. The normalized spacial score (nSPS) is 29.4. The zero-order valence-electron chi connectivity index (χ0n) is 25.3. The van der Waals surface area contributed by atoms with Gasteiger partial charge in [0.25, 0.3) is 0 Å². The van der Waals surface area contributed by atoms with Crippen LogP contribution in [0.25, 0.3) is 16.6 Å². The Balaban J connectivity index is 0.940. The summed E-state index contributed by atoms with van der Waals surface area (Å²) in [5.74, 6) is 3.33. The van der Waals surface area contributed by atoms with Crippen LogP contribution < -0.4 is 20.3 Å². The third kappa shape index (κ3) is 5.22. The molecule has 6 fully saturated rings. The number of hydrogen-bond donors (Lipinski definition) is 3. The lowest BCUT2D eigenvalue weighted by atomic mass is 9.86. The first kappa shape index (κ1) is 28.2. The Morgan fingerprint density at radius 2 is 1.93 bits per heavy atom. The van der Waals surface area contributed by atoms with Gasteiger partial charge < -0.3 is 30.3 Å². The van der Waals surface area contributed by atoms with Crippen LogP contribution in [-0.4, -0.2) is 113 Å². The highest BCUT2D eigenvalue weighted by Crippen LogP contribution is 2.38. The molecule has 0 amide bonds. The molecule has 9 heterocycles. The van der Waals surface area contributed by atoms with Gasteiger partial charge in [0.1, 0.15) is 23.9 Å². The van der Waals surface area contributed by atoms with Crippen LogP contribution in [-0.2, 0) is 0 Å². The third-order valence-electron chi connectivity index (χ3n) is 10.7. The molecule has 3 aromatic rings. The predicted octanol–water partition coefficient (Wildman–Crippen LogP) is 1.91. The van der Waals surface area contributed by atoms with Crippen LogP contribution in [0.4, 0.5) is 5.82 Å². The van der Waals surface area contributed by atoms with E-state index >= 15 is 0 Å². The highest BCUT2D eigenvalue weighted by Gasteiger charge is 2.47. The van der Waals surface area contributed by atoms with Gasteiger partial charge in [-0.15, -0.1) is 0 Å². The number of ether oxygens (including phenoxy) is 1. The van der Waals surface area contributed by atoms with Crippen LogP contribution in [0.15, 0.2) is 36.8 Å². The van der Waals surface area contributed by atoms with Crippen molar-refractivity contribution in [3.8, 4) is 22.9 Å². The first-order valence-electron chi connectivity index (χ1n) is 16.5. The number of nitrogens with zero attached hydrogens (tertiary/aromatic N) is 7. The maximum absolute atomic E-state index is 11.0. The Labute approximate surface area is 258 Å². The van der Waals surface area contributed by atoms with Crippen LogP contribution in [0.3, 0.4) is 0 Å². The number of aromatic nitrogens is 3. The molecule has 11 nitrogen and oxygen atoms in total. The minimum absolute atomic E-state index is 0.174. The summed E-state index contributed by atoms with van der Waals surface area (Å²) in [5.41, 5.74) is 3.14. The lowest BCUT2D eigenvalue weighted by molar-refractivity contribution is -0.0646. The fourth-order valence-corrected chi connectivity index (χ4v) is 8.41. The van der Waals surface area contributed by atoms with E-state index < -0.39 is 6.23 Å². The zero-order valence-corrected chi connectivity index (χ0v) is 25.3. The zero-order chi connectivity index (χ0) is 29.6. The fourth-order valence-electron chi connectivity index (χ4n) is 8.41. The number of fused-ring (bicyclic) bond motifs is 4. The van der Waals surface area contributed by atoms with Crippen molar-refractivity contribution in [2.45, 2.75) is 56.5 Å². The highest BCUT2D eigenvalue weighted by atomic mass is 16.5. The Kier molecular flexibility index (Phi) is 7.64. The molecule has 232 valence electrons. The predicted molar refractivity (Wildman–Crippen MR) is 167 cm³/mol. The maximum Gasteiger partial charge on any atom is 0.138 e. The Morgan fingerprint density at radius 3 is 2.66 bits per heavy atom. The Hall–Kier alpha value is -3.27. The summed E-state index contributed by atoms with van der Waals surface area (Å²) in [7, 11) is 0. The number of nitrogens with one attached hydrogen (secondary N) is 2. The number of anilines is 1. The lowest BCUT2D eigenvalue weighted by Gasteiger charge is -2.58. The van der Waals surface area contributed by atoms with E-state index in [0.717, 1.165) is 98.6 Å². The Morgan fingerprint density at radius 1 is 1.09 bits per heavy atom. The molecule has 6 atom stereocenters. The second-order valence-electron chi connectivity index (χ2n) is 13.5. The van der Waals surface area contributed by atoms with Crippen molar-refractivity contribution in [3.05, 3.63) is 42.4 Å². The highest BCUT2D eigenvalue weighted by molar-refractivity contribution is 5.85. The molecule has 2 bridgehead atoms. The topological polar surface area (TPSA) is 117 Å². The van der Waals surface area contributed by atoms with Gasteiger partial charge >= 0.3 is 0 Å². The smallest absolute Gasteiger partial charge is 0.138 e. The summed E-state index contributed by atoms with van der Waals surface area (Å²) < 4.78 is 8.00. The molecule has 0 radical (unpaired) electrons. The molecule has 0 saturated carbocycles. The van der Waals surface area contributed by atoms with Crippen LogP contribution >= 0.6 is 0 Å². The van der Waals surface area contributed by atoms with E-state index in [4.69, 9.17) is 9.72 Å². The second-order valence-corrected chi connectivity index (χ2v) is 13.5. The molecule has 0 spiro atoms. The largest absolute Gasteiger partial charge is 0.492 e. The van der Waals surface area contributed by atoms with Crippen LogP contribution in [0.5, 0.6) is 5.75 Å². The summed E-state index contributed by atoms with van der Waals surface area (Å²) in [6.07, 6.45) is 10.5. The van der Waals surface area contributed by atoms with Crippen LogP contribution in [0.2, 0.25) is 0 Å². The van der Waals surface area contributed by atoms with Gasteiger partial charge in [0.15, 0.2) is 0 Å². The maximum atomic E-state index is 11.0. The van der Waals surface area contributed by atoms with Crippen molar-refractivity contribution < 1.29 is 9.84 Å². The fraction of sp³-hybridized carbons (Fsp3) is 0.606. The molecular formula is C33H43N9O2. The number of pyridine rings is 2. The van der Waals surface area contributed by atoms with E-state index in [1.807, 2.05) is 18.5 Å². The van der Waals surface area contributed by atoms with Gasteiger partial charge in [-0.3, -0.25) is 4.90 Å². The first-order valence-corrected chi connectivity index (χ1v) is 16.5. The molecule has 6 aliphatic heterocycles. The minimum Gasteiger partial charge on any atom is -0.492 e. The molecular weight excluding hydrogens is 554 g/mol. The van der Waals surface area contributed by atoms with Crippen molar-refractivity contribution in [1.82, 2.24) is 35.0 Å². The summed E-state index contributed by atoms with van der Waals surface area (Å²) in [6.45, 7) is 9.11. The summed E-state index contributed by atoms with van der Waals surface area (Å²) in [5, 5.41) is 32.3. The number of nitriles is 1. The van der Waals surface area contributed by atoms with Crippen molar-refractivity contribution in [3.63, 3.8) is 0 Å². The van der Waals surface area contributed by atoms with Crippen molar-refractivity contribution in [1.29, 1.82) is 5.26 Å². The molecule has 3 aromatic heterocycles. The molecule has 6 unspecified atom stereocenters. The first-order chi connectivity index (χ1) is 21.6. The molecule has 6 saturated heterocycles. The number of piperidine rings is 2. The van der Waals surface area contributed by atoms with Gasteiger partial charge in [-0.2, -0.15) is 10.4 Å². The molecule has 9 rings (SSSR count). The standard InChI is InChI=1S/C33H43N9O2/c34-12-23-16-38-41-21-28(44-9-3-8-39-17-24-13-35-14-25(24)18-39)11-29(32(23)41)22-5-6-31(37-15-22)42-26-10-27(42)20-40(19-26)33(43)30-4-1-2-7-36-30/h5-6,11,15-16,21,24-27,30,33,35-36,43H,1-4,7-10,13-14,17-20H2. The summed E-state index contributed by atoms with van der Waals surface area (Å²) >= 11 is 0. The van der Waals surface area contributed by atoms with Crippen LogP contribution in [0, 0.1) is 23.2 Å². The number of aliphatic hydroxyl groups is 1. The quantitative estimate of drug-likeness (QED) is 0.316. The minimum atomic E-state index is -0.419. The molecule has 11 heteroatoms. The number of piperazine rings is 1. The Bertz CT molecular complexity index is 1490. The summed E-state index contributed by atoms with van der Waals surface area (Å²) in [4.78, 5) is 12.2. The van der Waals surface area contributed by atoms with Gasteiger partial charge in [0, 0.05) is 68.2 Å². The SMILES string of the molecule is N#Cc1cnn2cc(OCCCN3CC4CNCC4C3)cc(-c3ccc(N4C5CC4CN(C(O)C4CCCCN4)C5)nc3)c12. The molecule has 44 heavy (non-hydrogen) atoms. The van der Waals surface area contributed by atoms with Crippen molar-refractivity contribution in [2.75, 3.05) is 63.9 Å². The van der Waals surface area contributed by atoms with Gasteiger partial charge in [-0.25, -0.2) is 9.50 Å². The van der Waals surface area contributed by atoms with E-state index in [-0.39, 0.29) is 6.04 Å². The number of aliphatic hydroxyl groups excluding tert-OH is 1. The van der Waals surface area contributed by atoms with E-state index in [1.54, 1.807) is 10.7 Å². The van der Waals surface area contributed by atoms with Gasteiger partial charge in [0.2, 0.25) is 0 Å². The van der Waals surface area contributed by atoms with Gasteiger partial charge in [-0.05, 0) is 75.4 Å². The van der Waals surface area contributed by atoms with E-state index in [0.29, 0.717) is 24.3 Å². The average Bonchev–Trinajstić information content (AvgIpc) is 3.79. The average molecular weight is 598 g/mol.